The number of ether oxygens (including phenoxy) is 1. The molecule has 182 valence electrons. The molecule has 4 heterocycles. The monoisotopic (exact) mass is 500 g/mol. The summed E-state index contributed by atoms with van der Waals surface area (Å²) in [4.78, 5) is 14.3. The van der Waals surface area contributed by atoms with E-state index in [4.69, 9.17) is 38.5 Å². The predicted octanol–water partition coefficient (Wildman–Crippen LogP) is 4.37. The maximum atomic E-state index is 6.14. The van der Waals surface area contributed by atoms with Gasteiger partial charge in [0.2, 0.25) is 5.95 Å². The molecule has 7 nitrogen and oxygen atoms in total. The van der Waals surface area contributed by atoms with Gasteiger partial charge in [0, 0.05) is 62.4 Å². The van der Waals surface area contributed by atoms with E-state index in [1.165, 1.54) is 31.2 Å². The lowest BCUT2D eigenvalue weighted by Crippen LogP contribution is -2.45. The highest BCUT2D eigenvalue weighted by atomic mass is 35.5. The van der Waals surface area contributed by atoms with Crippen LogP contribution in [0.4, 0.5) is 17.6 Å². The average molecular weight is 501 g/mol. The molecule has 0 spiro atoms. The molecule has 0 radical (unpaired) electrons. The molecular formula is C25H33ClN6OS. The van der Waals surface area contributed by atoms with Crippen molar-refractivity contribution >= 4 is 46.5 Å². The van der Waals surface area contributed by atoms with Gasteiger partial charge in [-0.2, -0.15) is 9.97 Å². The van der Waals surface area contributed by atoms with E-state index in [1.54, 1.807) is 0 Å². The number of thiocarbonyl (C=S) groups is 1. The van der Waals surface area contributed by atoms with Crippen LogP contribution in [-0.4, -0.2) is 61.0 Å². The second-order valence-electron chi connectivity index (χ2n) is 9.50. The molecule has 9 heteroatoms. The summed E-state index contributed by atoms with van der Waals surface area (Å²) >= 11 is 11.8. The van der Waals surface area contributed by atoms with Gasteiger partial charge in [0.1, 0.15) is 11.6 Å². The quantitative estimate of drug-likeness (QED) is 0.567. The van der Waals surface area contributed by atoms with Crippen LogP contribution in [0.15, 0.2) is 30.3 Å². The molecule has 1 aromatic carbocycles. The molecule has 34 heavy (non-hydrogen) atoms. The maximum absolute atomic E-state index is 6.14. The lowest BCUT2D eigenvalue weighted by atomic mass is 9.74. The zero-order chi connectivity index (χ0) is 23.4. The van der Waals surface area contributed by atoms with Crippen molar-refractivity contribution in [2.45, 2.75) is 43.9 Å². The summed E-state index contributed by atoms with van der Waals surface area (Å²) in [6.45, 7) is 6.38. The summed E-state index contributed by atoms with van der Waals surface area (Å²) in [5.41, 5.74) is 1.21. The molecule has 3 aliphatic rings. The fourth-order valence-electron chi connectivity index (χ4n) is 5.22. The molecule has 5 rings (SSSR count). The SMILES string of the molecule is S=C(NCC1(c2ccc(Cl)cc2)CCOCC1)Nc1nc(N2CCCC2)cc(N2CCCC2)n1. The third-order valence-corrected chi connectivity index (χ3v) is 7.78. The second kappa shape index (κ2) is 10.6. The van der Waals surface area contributed by atoms with Crippen molar-refractivity contribution in [1.82, 2.24) is 15.3 Å². The Bertz CT molecular complexity index is 951. The summed E-state index contributed by atoms with van der Waals surface area (Å²) in [5.74, 6) is 2.54. The Morgan fingerprint density at radius 1 is 0.941 bits per heavy atom. The van der Waals surface area contributed by atoms with Gasteiger partial charge in [0.15, 0.2) is 5.11 Å². The van der Waals surface area contributed by atoms with E-state index in [0.717, 1.165) is 68.9 Å². The average Bonchev–Trinajstić information content (AvgIpc) is 3.59. The Balaban J connectivity index is 1.30. The van der Waals surface area contributed by atoms with Gasteiger partial charge in [-0.15, -0.1) is 0 Å². The van der Waals surface area contributed by atoms with Gasteiger partial charge in [-0.1, -0.05) is 23.7 Å². The Morgan fingerprint density at radius 2 is 1.50 bits per heavy atom. The molecule has 3 saturated heterocycles. The Kier molecular flexibility index (Phi) is 7.37. The number of anilines is 3. The van der Waals surface area contributed by atoms with E-state index in [0.29, 0.717) is 17.6 Å². The first-order valence-corrected chi connectivity index (χ1v) is 13.2. The van der Waals surface area contributed by atoms with Crippen molar-refractivity contribution in [3.05, 3.63) is 40.9 Å². The third kappa shape index (κ3) is 5.39. The predicted molar refractivity (Wildman–Crippen MR) is 142 cm³/mol. The maximum Gasteiger partial charge on any atom is 0.232 e. The molecule has 0 amide bonds. The minimum Gasteiger partial charge on any atom is -0.381 e. The molecule has 0 atom stereocenters. The topological polar surface area (TPSA) is 65.6 Å². The summed E-state index contributed by atoms with van der Waals surface area (Å²) in [5, 5.41) is 8.03. The summed E-state index contributed by atoms with van der Waals surface area (Å²) in [7, 11) is 0. The van der Waals surface area contributed by atoms with Crippen LogP contribution in [-0.2, 0) is 10.2 Å². The van der Waals surface area contributed by atoms with Gasteiger partial charge in [-0.05, 0) is 68.4 Å². The molecule has 2 aromatic rings. The normalized spacial score (nSPS) is 19.9. The van der Waals surface area contributed by atoms with E-state index in [-0.39, 0.29) is 5.41 Å². The van der Waals surface area contributed by atoms with E-state index in [1.807, 2.05) is 12.1 Å². The standard InChI is InChI=1S/C25H33ClN6OS/c26-20-7-5-19(6-8-20)25(9-15-33-16-10-25)18-27-24(34)30-23-28-21(31-11-1-2-12-31)17-22(29-23)32-13-3-4-14-32/h5-8,17H,1-4,9-16,18H2,(H2,27,28,29,30,34). The van der Waals surface area contributed by atoms with Crippen molar-refractivity contribution in [3.63, 3.8) is 0 Å². The number of nitrogens with zero attached hydrogens (tertiary/aromatic N) is 4. The van der Waals surface area contributed by atoms with Crippen LogP contribution in [0.1, 0.15) is 44.1 Å². The fourth-order valence-corrected chi connectivity index (χ4v) is 5.51. The molecule has 0 saturated carbocycles. The van der Waals surface area contributed by atoms with Crippen molar-refractivity contribution in [1.29, 1.82) is 0 Å². The number of halogens is 1. The first kappa shape index (κ1) is 23.6. The van der Waals surface area contributed by atoms with Crippen molar-refractivity contribution in [3.8, 4) is 0 Å². The summed E-state index contributed by atoms with van der Waals surface area (Å²) in [6.07, 6.45) is 6.71. The van der Waals surface area contributed by atoms with Crippen LogP contribution in [0.2, 0.25) is 5.02 Å². The minimum absolute atomic E-state index is 0.0481. The van der Waals surface area contributed by atoms with Crippen LogP contribution in [0, 0.1) is 0 Å². The minimum atomic E-state index is -0.0481. The first-order valence-electron chi connectivity index (χ1n) is 12.4. The molecule has 1 aromatic heterocycles. The highest BCUT2D eigenvalue weighted by molar-refractivity contribution is 7.80. The third-order valence-electron chi connectivity index (χ3n) is 7.28. The van der Waals surface area contributed by atoms with Crippen LogP contribution in [0.25, 0.3) is 0 Å². The lowest BCUT2D eigenvalue weighted by Gasteiger charge is -2.38. The molecule has 0 bridgehead atoms. The van der Waals surface area contributed by atoms with Gasteiger partial charge in [-0.25, -0.2) is 0 Å². The second-order valence-corrected chi connectivity index (χ2v) is 10.3. The highest BCUT2D eigenvalue weighted by Gasteiger charge is 2.34. The van der Waals surface area contributed by atoms with Crippen LogP contribution < -0.4 is 20.4 Å². The molecule has 3 fully saturated rings. The zero-order valence-corrected chi connectivity index (χ0v) is 21.1. The van der Waals surface area contributed by atoms with E-state index in [9.17, 15) is 0 Å². The molecule has 3 aliphatic heterocycles. The zero-order valence-electron chi connectivity index (χ0n) is 19.6. The number of rotatable bonds is 6. The van der Waals surface area contributed by atoms with Crippen LogP contribution in [0.3, 0.4) is 0 Å². The smallest absolute Gasteiger partial charge is 0.232 e. The van der Waals surface area contributed by atoms with Crippen molar-refractivity contribution in [2.24, 2.45) is 0 Å². The molecule has 0 aliphatic carbocycles. The van der Waals surface area contributed by atoms with Crippen molar-refractivity contribution in [2.75, 3.05) is 61.1 Å². The molecular weight excluding hydrogens is 468 g/mol. The van der Waals surface area contributed by atoms with Gasteiger partial charge in [0.05, 0.1) is 0 Å². The van der Waals surface area contributed by atoms with Gasteiger partial charge >= 0.3 is 0 Å². The van der Waals surface area contributed by atoms with E-state index in [2.05, 4.69) is 38.6 Å². The molecule has 0 unspecified atom stereocenters. The first-order chi connectivity index (χ1) is 16.6. The number of hydrogen-bond acceptors (Lipinski definition) is 6. The summed E-state index contributed by atoms with van der Waals surface area (Å²) in [6, 6.07) is 10.3. The summed E-state index contributed by atoms with van der Waals surface area (Å²) < 4.78 is 5.66. The van der Waals surface area contributed by atoms with Crippen molar-refractivity contribution < 1.29 is 4.74 Å². The van der Waals surface area contributed by atoms with Crippen LogP contribution in [0.5, 0.6) is 0 Å². The van der Waals surface area contributed by atoms with Gasteiger partial charge in [0.25, 0.3) is 0 Å². The largest absolute Gasteiger partial charge is 0.381 e. The molecule has 2 N–H and O–H groups in total. The number of aromatic nitrogens is 2. The Labute approximate surface area is 212 Å². The van der Waals surface area contributed by atoms with E-state index >= 15 is 0 Å². The van der Waals surface area contributed by atoms with Gasteiger partial charge < -0.3 is 25.2 Å². The fraction of sp³-hybridized carbons (Fsp3) is 0.560. The van der Waals surface area contributed by atoms with Gasteiger partial charge in [-0.3, -0.25) is 0 Å². The highest BCUT2D eigenvalue weighted by Crippen LogP contribution is 2.35. The number of benzene rings is 1. The number of hydrogen-bond donors (Lipinski definition) is 2. The Morgan fingerprint density at radius 3 is 2.06 bits per heavy atom. The van der Waals surface area contributed by atoms with E-state index < -0.39 is 0 Å². The Hall–Kier alpha value is -2.16. The number of nitrogens with one attached hydrogen (secondary N) is 2. The lowest BCUT2D eigenvalue weighted by molar-refractivity contribution is 0.0515. The van der Waals surface area contributed by atoms with Crippen LogP contribution >= 0.6 is 23.8 Å².